The van der Waals surface area contributed by atoms with E-state index in [1.165, 1.54) is 32.1 Å². The summed E-state index contributed by atoms with van der Waals surface area (Å²) in [6.45, 7) is 0. The second-order valence-corrected chi connectivity index (χ2v) is 5.73. The Bertz CT molecular complexity index is 441. The first-order chi connectivity index (χ1) is 8.59. The largest absolute Gasteiger partial charge is 0.478 e. The van der Waals surface area contributed by atoms with E-state index < -0.39 is 5.97 Å². The molecule has 1 aliphatic carbocycles. The Hall–Kier alpha value is -1.03. The smallest absolute Gasteiger partial charge is 0.336 e. The van der Waals surface area contributed by atoms with Gasteiger partial charge in [0.15, 0.2) is 0 Å². The summed E-state index contributed by atoms with van der Waals surface area (Å²) in [5, 5.41) is 9.00. The minimum Gasteiger partial charge on any atom is -0.478 e. The number of carbonyl (C=O) groups is 1. The standard InChI is InChI=1S/C14H18BrNO2/c1-16(10-5-3-2-4-6-10)11-7-8-12(14(17)18)13(15)9-11/h7-10H,2-6H2,1H3,(H,17,18). The van der Waals surface area contributed by atoms with Crippen molar-refractivity contribution in [2.75, 3.05) is 11.9 Å². The van der Waals surface area contributed by atoms with Gasteiger partial charge in [0.25, 0.3) is 0 Å². The second kappa shape index (κ2) is 5.74. The van der Waals surface area contributed by atoms with Gasteiger partial charge in [0, 0.05) is 23.2 Å². The normalized spacial score (nSPS) is 16.6. The van der Waals surface area contributed by atoms with Gasteiger partial charge in [-0.25, -0.2) is 4.79 Å². The van der Waals surface area contributed by atoms with Crippen molar-refractivity contribution in [1.29, 1.82) is 0 Å². The van der Waals surface area contributed by atoms with Gasteiger partial charge in [-0.3, -0.25) is 0 Å². The van der Waals surface area contributed by atoms with E-state index in [1.54, 1.807) is 6.07 Å². The lowest BCUT2D eigenvalue weighted by Crippen LogP contribution is -2.33. The van der Waals surface area contributed by atoms with E-state index in [0.717, 1.165) is 5.69 Å². The third-order valence-corrected chi connectivity index (χ3v) is 4.37. The predicted molar refractivity (Wildman–Crippen MR) is 76.4 cm³/mol. The van der Waals surface area contributed by atoms with Gasteiger partial charge >= 0.3 is 5.97 Å². The quantitative estimate of drug-likeness (QED) is 0.920. The minimum absolute atomic E-state index is 0.316. The van der Waals surface area contributed by atoms with Crippen molar-refractivity contribution in [2.45, 2.75) is 38.1 Å². The first kappa shape index (κ1) is 13.4. The number of nitrogens with zero attached hydrogens (tertiary/aromatic N) is 1. The fraction of sp³-hybridized carbons (Fsp3) is 0.500. The predicted octanol–water partition coefficient (Wildman–Crippen LogP) is 3.92. The zero-order valence-corrected chi connectivity index (χ0v) is 12.1. The zero-order valence-electron chi connectivity index (χ0n) is 10.5. The Kier molecular flexibility index (Phi) is 4.27. The lowest BCUT2D eigenvalue weighted by atomic mass is 9.94. The molecule has 1 saturated carbocycles. The molecule has 0 aromatic heterocycles. The Morgan fingerprint density at radius 3 is 2.56 bits per heavy atom. The van der Waals surface area contributed by atoms with E-state index in [4.69, 9.17) is 5.11 Å². The topological polar surface area (TPSA) is 40.5 Å². The number of anilines is 1. The summed E-state index contributed by atoms with van der Waals surface area (Å²) in [5.74, 6) is -0.895. The molecule has 0 unspecified atom stereocenters. The molecule has 1 aromatic carbocycles. The number of hydrogen-bond donors (Lipinski definition) is 1. The molecule has 0 aliphatic heterocycles. The van der Waals surface area contributed by atoms with Crippen molar-refractivity contribution in [1.82, 2.24) is 0 Å². The first-order valence-electron chi connectivity index (χ1n) is 6.35. The van der Waals surface area contributed by atoms with Gasteiger partial charge in [0.1, 0.15) is 0 Å². The molecule has 3 nitrogen and oxygen atoms in total. The lowest BCUT2D eigenvalue weighted by Gasteiger charge is -2.33. The lowest BCUT2D eigenvalue weighted by molar-refractivity contribution is 0.0696. The minimum atomic E-state index is -0.895. The van der Waals surface area contributed by atoms with Crippen LogP contribution in [0, 0.1) is 0 Å². The van der Waals surface area contributed by atoms with Gasteiger partial charge in [-0.2, -0.15) is 0 Å². The van der Waals surface area contributed by atoms with Gasteiger partial charge < -0.3 is 10.0 Å². The van der Waals surface area contributed by atoms with Crippen molar-refractivity contribution < 1.29 is 9.90 Å². The molecule has 4 heteroatoms. The molecule has 0 bridgehead atoms. The van der Waals surface area contributed by atoms with Crippen LogP contribution >= 0.6 is 15.9 Å². The molecule has 2 rings (SSSR count). The van der Waals surface area contributed by atoms with Crippen molar-refractivity contribution in [2.24, 2.45) is 0 Å². The Labute approximate surface area is 116 Å². The van der Waals surface area contributed by atoms with E-state index in [-0.39, 0.29) is 0 Å². The van der Waals surface area contributed by atoms with Crippen molar-refractivity contribution in [3.8, 4) is 0 Å². The fourth-order valence-electron chi connectivity index (χ4n) is 2.58. The number of carboxylic acids is 1. The Morgan fingerprint density at radius 2 is 2.00 bits per heavy atom. The van der Waals surface area contributed by atoms with E-state index in [0.29, 0.717) is 16.1 Å². The maximum Gasteiger partial charge on any atom is 0.336 e. The Balaban J connectivity index is 2.17. The third kappa shape index (κ3) is 2.86. The molecule has 1 N–H and O–H groups in total. The monoisotopic (exact) mass is 311 g/mol. The fourth-order valence-corrected chi connectivity index (χ4v) is 3.11. The van der Waals surface area contributed by atoms with Gasteiger partial charge in [-0.05, 0) is 47.0 Å². The summed E-state index contributed by atoms with van der Waals surface area (Å²) in [4.78, 5) is 13.2. The van der Waals surface area contributed by atoms with Crippen LogP contribution in [-0.2, 0) is 0 Å². The molecule has 0 saturated heterocycles. The number of hydrogen-bond acceptors (Lipinski definition) is 2. The molecule has 18 heavy (non-hydrogen) atoms. The van der Waals surface area contributed by atoms with Gasteiger partial charge in [0.05, 0.1) is 5.56 Å². The van der Waals surface area contributed by atoms with Crippen molar-refractivity contribution in [3.05, 3.63) is 28.2 Å². The second-order valence-electron chi connectivity index (χ2n) is 4.87. The van der Waals surface area contributed by atoms with Gasteiger partial charge in [-0.15, -0.1) is 0 Å². The van der Waals surface area contributed by atoms with Crippen LogP contribution in [-0.4, -0.2) is 24.2 Å². The summed E-state index contributed by atoms with van der Waals surface area (Å²) < 4.78 is 0.648. The third-order valence-electron chi connectivity index (χ3n) is 3.71. The average Bonchev–Trinajstić information content (AvgIpc) is 2.38. The van der Waals surface area contributed by atoms with Crippen LogP contribution in [0.4, 0.5) is 5.69 Å². The molecular formula is C14H18BrNO2. The number of benzene rings is 1. The molecule has 0 radical (unpaired) electrons. The number of halogens is 1. The maximum atomic E-state index is 11.0. The molecule has 0 atom stereocenters. The first-order valence-corrected chi connectivity index (χ1v) is 7.14. The van der Waals surface area contributed by atoms with Gasteiger partial charge in [0.2, 0.25) is 0 Å². The van der Waals surface area contributed by atoms with E-state index in [2.05, 4.69) is 27.9 Å². The summed E-state index contributed by atoms with van der Waals surface area (Å²) in [6.07, 6.45) is 6.39. The van der Waals surface area contributed by atoms with Crippen LogP contribution in [0.25, 0.3) is 0 Å². The summed E-state index contributed by atoms with van der Waals surface area (Å²) in [7, 11) is 2.10. The van der Waals surface area contributed by atoms with E-state index in [9.17, 15) is 4.79 Å². The molecule has 98 valence electrons. The molecule has 1 aliphatic rings. The van der Waals surface area contributed by atoms with Crippen LogP contribution < -0.4 is 4.90 Å². The zero-order chi connectivity index (χ0) is 13.1. The average molecular weight is 312 g/mol. The highest BCUT2D eigenvalue weighted by molar-refractivity contribution is 9.10. The number of aromatic carboxylic acids is 1. The highest BCUT2D eigenvalue weighted by Crippen LogP contribution is 2.29. The summed E-state index contributed by atoms with van der Waals surface area (Å²) in [6, 6.07) is 6.04. The summed E-state index contributed by atoms with van der Waals surface area (Å²) >= 11 is 3.33. The highest BCUT2D eigenvalue weighted by atomic mass is 79.9. The molecular weight excluding hydrogens is 294 g/mol. The molecule has 1 aromatic rings. The summed E-state index contributed by atoms with van der Waals surface area (Å²) in [5.41, 5.74) is 1.40. The van der Waals surface area contributed by atoms with Crippen LogP contribution in [0.1, 0.15) is 42.5 Å². The molecule has 0 heterocycles. The van der Waals surface area contributed by atoms with Crippen molar-refractivity contribution in [3.63, 3.8) is 0 Å². The van der Waals surface area contributed by atoms with Crippen LogP contribution in [0.3, 0.4) is 0 Å². The maximum absolute atomic E-state index is 11.0. The SMILES string of the molecule is CN(c1ccc(C(=O)O)c(Br)c1)C1CCCCC1. The highest BCUT2D eigenvalue weighted by Gasteiger charge is 2.19. The van der Waals surface area contributed by atoms with Gasteiger partial charge in [-0.1, -0.05) is 19.3 Å². The van der Waals surface area contributed by atoms with Crippen LogP contribution in [0.2, 0.25) is 0 Å². The van der Waals surface area contributed by atoms with Crippen molar-refractivity contribution >= 4 is 27.6 Å². The number of rotatable bonds is 3. The van der Waals surface area contributed by atoms with Crippen LogP contribution in [0.15, 0.2) is 22.7 Å². The Morgan fingerprint density at radius 1 is 1.33 bits per heavy atom. The molecule has 1 fully saturated rings. The van der Waals surface area contributed by atoms with E-state index >= 15 is 0 Å². The van der Waals surface area contributed by atoms with E-state index in [1.807, 2.05) is 12.1 Å². The molecule has 0 spiro atoms. The molecule has 0 amide bonds. The van der Waals surface area contributed by atoms with Crippen LogP contribution in [0.5, 0.6) is 0 Å². The number of carboxylic acid groups (broad SMARTS) is 1.